The number of rotatable bonds is 4. The highest BCUT2D eigenvalue weighted by Crippen LogP contribution is 2.20. The lowest BCUT2D eigenvalue weighted by Gasteiger charge is -2.00. The number of carbonyl (C=O) groups is 1. The highest BCUT2D eigenvalue weighted by atomic mass is 16.1. The van der Waals surface area contributed by atoms with Crippen LogP contribution >= 0.6 is 0 Å². The van der Waals surface area contributed by atoms with Crippen molar-refractivity contribution in [2.24, 2.45) is 5.73 Å². The zero-order valence-electron chi connectivity index (χ0n) is 9.21. The first-order valence-electron chi connectivity index (χ1n) is 5.27. The van der Waals surface area contributed by atoms with E-state index in [1.54, 1.807) is 6.07 Å². The van der Waals surface area contributed by atoms with E-state index in [1.165, 1.54) is 5.56 Å². The molecule has 16 heavy (non-hydrogen) atoms. The summed E-state index contributed by atoms with van der Waals surface area (Å²) in [6, 6.07) is 5.47. The summed E-state index contributed by atoms with van der Waals surface area (Å²) in [4.78, 5) is 14.3. The van der Waals surface area contributed by atoms with Crippen LogP contribution in [0.5, 0.6) is 0 Å². The number of nitrogens with one attached hydrogen (secondary N) is 2. The molecule has 0 aliphatic carbocycles. The SMILES string of the molecule is CNCCc1c[nH]c2ccc(C(N)=O)cc12. The quantitative estimate of drug-likeness (QED) is 0.715. The molecule has 0 radical (unpaired) electrons. The Balaban J connectivity index is 2.43. The molecule has 0 unspecified atom stereocenters. The topological polar surface area (TPSA) is 70.9 Å². The molecular formula is C12H15N3O. The lowest BCUT2D eigenvalue weighted by Crippen LogP contribution is -2.11. The van der Waals surface area contributed by atoms with Gasteiger partial charge in [0.2, 0.25) is 5.91 Å². The maximum atomic E-state index is 11.1. The second kappa shape index (κ2) is 4.37. The third kappa shape index (κ3) is 1.92. The molecule has 4 heteroatoms. The molecule has 4 N–H and O–H groups in total. The Kier molecular flexibility index (Phi) is 2.92. The van der Waals surface area contributed by atoms with Crippen molar-refractivity contribution in [3.8, 4) is 0 Å². The lowest BCUT2D eigenvalue weighted by molar-refractivity contribution is 0.100. The van der Waals surface area contributed by atoms with Crippen LogP contribution in [0.2, 0.25) is 0 Å². The molecule has 0 aliphatic rings. The van der Waals surface area contributed by atoms with Crippen molar-refractivity contribution in [3.63, 3.8) is 0 Å². The van der Waals surface area contributed by atoms with Crippen molar-refractivity contribution < 1.29 is 4.79 Å². The van der Waals surface area contributed by atoms with Crippen LogP contribution in [0.3, 0.4) is 0 Å². The van der Waals surface area contributed by atoms with Crippen LogP contribution in [-0.2, 0) is 6.42 Å². The average molecular weight is 217 g/mol. The number of aromatic nitrogens is 1. The molecule has 1 aromatic heterocycles. The largest absolute Gasteiger partial charge is 0.366 e. The Bertz CT molecular complexity index is 516. The molecule has 2 rings (SSSR count). The molecule has 1 aromatic carbocycles. The number of nitrogens with two attached hydrogens (primary N) is 1. The Hall–Kier alpha value is -1.81. The first-order valence-corrected chi connectivity index (χ1v) is 5.27. The van der Waals surface area contributed by atoms with Gasteiger partial charge in [0.15, 0.2) is 0 Å². The molecule has 0 fully saturated rings. The number of likely N-dealkylation sites (N-methyl/N-ethyl adjacent to an activating group) is 1. The standard InChI is InChI=1S/C12H15N3O/c1-14-5-4-9-7-15-11-3-2-8(12(13)16)6-10(9)11/h2-3,6-7,14-15H,4-5H2,1H3,(H2,13,16). The van der Waals surface area contributed by atoms with E-state index in [0.717, 1.165) is 23.9 Å². The van der Waals surface area contributed by atoms with E-state index in [4.69, 9.17) is 5.73 Å². The summed E-state index contributed by atoms with van der Waals surface area (Å²) in [5, 5.41) is 4.18. The van der Waals surface area contributed by atoms with Crippen LogP contribution < -0.4 is 11.1 Å². The second-order valence-corrected chi connectivity index (χ2v) is 3.79. The molecule has 84 valence electrons. The predicted molar refractivity (Wildman–Crippen MR) is 64.4 cm³/mol. The van der Waals surface area contributed by atoms with Gasteiger partial charge in [0, 0.05) is 22.7 Å². The van der Waals surface area contributed by atoms with Gasteiger partial charge in [0.1, 0.15) is 0 Å². The molecule has 1 amide bonds. The molecule has 0 aliphatic heterocycles. The van der Waals surface area contributed by atoms with Gasteiger partial charge in [0.05, 0.1) is 0 Å². The number of hydrogen-bond acceptors (Lipinski definition) is 2. The summed E-state index contributed by atoms with van der Waals surface area (Å²) in [7, 11) is 1.92. The van der Waals surface area contributed by atoms with Gasteiger partial charge < -0.3 is 16.0 Å². The predicted octanol–water partition coefficient (Wildman–Crippen LogP) is 1.03. The van der Waals surface area contributed by atoms with E-state index < -0.39 is 0 Å². The van der Waals surface area contributed by atoms with Gasteiger partial charge in [-0.05, 0) is 43.8 Å². The van der Waals surface area contributed by atoms with Crippen LogP contribution in [-0.4, -0.2) is 24.5 Å². The molecule has 0 saturated carbocycles. The second-order valence-electron chi connectivity index (χ2n) is 3.79. The van der Waals surface area contributed by atoms with E-state index in [1.807, 2.05) is 25.4 Å². The summed E-state index contributed by atoms with van der Waals surface area (Å²) in [6.07, 6.45) is 2.91. The maximum absolute atomic E-state index is 11.1. The average Bonchev–Trinajstić information content (AvgIpc) is 2.68. The number of carbonyl (C=O) groups excluding carboxylic acids is 1. The summed E-state index contributed by atoms with van der Waals surface area (Å²) in [6.45, 7) is 0.910. The lowest BCUT2D eigenvalue weighted by atomic mass is 10.1. The van der Waals surface area contributed by atoms with Gasteiger partial charge in [0.25, 0.3) is 0 Å². The van der Waals surface area contributed by atoms with E-state index in [2.05, 4.69) is 10.3 Å². The number of benzene rings is 1. The van der Waals surface area contributed by atoms with Crippen LogP contribution in [0.4, 0.5) is 0 Å². The molecule has 4 nitrogen and oxygen atoms in total. The van der Waals surface area contributed by atoms with Gasteiger partial charge in [-0.2, -0.15) is 0 Å². The third-order valence-electron chi connectivity index (χ3n) is 2.70. The van der Waals surface area contributed by atoms with Crippen molar-refractivity contribution in [1.82, 2.24) is 10.3 Å². The first-order chi connectivity index (χ1) is 7.72. The maximum Gasteiger partial charge on any atom is 0.248 e. The first kappa shape index (κ1) is 10.7. The Morgan fingerprint density at radius 2 is 2.31 bits per heavy atom. The number of fused-ring (bicyclic) bond motifs is 1. The van der Waals surface area contributed by atoms with Crippen LogP contribution in [0.1, 0.15) is 15.9 Å². The van der Waals surface area contributed by atoms with Gasteiger partial charge in [-0.15, -0.1) is 0 Å². The number of primary amides is 1. The minimum atomic E-state index is -0.386. The van der Waals surface area contributed by atoms with E-state index in [0.29, 0.717) is 5.56 Å². The fourth-order valence-corrected chi connectivity index (χ4v) is 1.80. The molecular weight excluding hydrogens is 202 g/mol. The van der Waals surface area contributed by atoms with Crippen LogP contribution in [0.25, 0.3) is 10.9 Å². The summed E-state index contributed by atoms with van der Waals surface area (Å²) >= 11 is 0. The Morgan fingerprint density at radius 3 is 3.00 bits per heavy atom. The normalized spacial score (nSPS) is 10.8. The highest BCUT2D eigenvalue weighted by molar-refractivity contribution is 5.97. The molecule has 0 saturated heterocycles. The monoisotopic (exact) mass is 217 g/mol. The summed E-state index contributed by atoms with van der Waals surface area (Å²) in [5.74, 6) is -0.386. The molecule has 2 aromatic rings. The number of H-pyrrole nitrogens is 1. The van der Waals surface area contributed by atoms with Gasteiger partial charge in [-0.1, -0.05) is 0 Å². The van der Waals surface area contributed by atoms with E-state index >= 15 is 0 Å². The molecule has 0 atom stereocenters. The summed E-state index contributed by atoms with van der Waals surface area (Å²) in [5.41, 5.74) is 8.06. The summed E-state index contributed by atoms with van der Waals surface area (Å²) < 4.78 is 0. The Morgan fingerprint density at radius 1 is 1.50 bits per heavy atom. The van der Waals surface area contributed by atoms with Crippen molar-refractivity contribution >= 4 is 16.8 Å². The zero-order valence-corrected chi connectivity index (χ0v) is 9.21. The van der Waals surface area contributed by atoms with Crippen molar-refractivity contribution in [2.75, 3.05) is 13.6 Å². The zero-order chi connectivity index (χ0) is 11.5. The third-order valence-corrected chi connectivity index (χ3v) is 2.70. The Labute approximate surface area is 93.8 Å². The molecule has 1 heterocycles. The van der Waals surface area contributed by atoms with Gasteiger partial charge >= 0.3 is 0 Å². The highest BCUT2D eigenvalue weighted by Gasteiger charge is 2.06. The van der Waals surface area contributed by atoms with E-state index in [-0.39, 0.29) is 5.91 Å². The fourth-order valence-electron chi connectivity index (χ4n) is 1.80. The number of hydrogen-bond donors (Lipinski definition) is 3. The van der Waals surface area contributed by atoms with Crippen LogP contribution in [0, 0.1) is 0 Å². The minimum Gasteiger partial charge on any atom is -0.366 e. The van der Waals surface area contributed by atoms with Gasteiger partial charge in [-0.3, -0.25) is 4.79 Å². The molecule has 0 spiro atoms. The number of amides is 1. The van der Waals surface area contributed by atoms with Crippen molar-refractivity contribution in [2.45, 2.75) is 6.42 Å². The molecule has 0 bridgehead atoms. The van der Waals surface area contributed by atoms with E-state index in [9.17, 15) is 4.79 Å². The van der Waals surface area contributed by atoms with Crippen LogP contribution in [0.15, 0.2) is 24.4 Å². The number of aromatic amines is 1. The minimum absolute atomic E-state index is 0.386. The van der Waals surface area contributed by atoms with Crippen molar-refractivity contribution in [3.05, 3.63) is 35.5 Å². The van der Waals surface area contributed by atoms with Crippen molar-refractivity contribution in [1.29, 1.82) is 0 Å². The fraction of sp³-hybridized carbons (Fsp3) is 0.250. The van der Waals surface area contributed by atoms with Gasteiger partial charge in [-0.25, -0.2) is 0 Å². The smallest absolute Gasteiger partial charge is 0.248 e.